The maximum atomic E-state index is 13.2. The van der Waals surface area contributed by atoms with Crippen LogP contribution >= 0.6 is 15.9 Å². The number of aliphatic hydroxyl groups is 1. The number of rotatable bonds is 3. The Hall–Kier alpha value is -1.65. The van der Waals surface area contributed by atoms with Gasteiger partial charge in [0.1, 0.15) is 0 Å². The third-order valence-corrected chi connectivity index (χ3v) is 6.42. The van der Waals surface area contributed by atoms with Crippen LogP contribution < -0.4 is 4.90 Å². The Balaban J connectivity index is 1.92. The van der Waals surface area contributed by atoms with Crippen LogP contribution in [0.4, 0.5) is 5.69 Å². The number of carbonyl (C=O) groups excluding carboxylic acids is 1. The molecule has 3 atom stereocenters. The smallest absolute Gasteiger partial charge is 0.231 e. The molecule has 3 nitrogen and oxygen atoms in total. The van der Waals surface area contributed by atoms with Gasteiger partial charge in [-0.2, -0.15) is 0 Å². The number of aliphatic hydroxyl groups excluding tert-OH is 1. The Labute approximate surface area is 150 Å². The predicted molar refractivity (Wildman–Crippen MR) is 97.7 cm³/mol. The molecule has 1 amide bonds. The van der Waals surface area contributed by atoms with E-state index in [0.717, 1.165) is 35.0 Å². The lowest BCUT2D eigenvalue weighted by Crippen LogP contribution is -2.35. The molecule has 1 aliphatic heterocycles. The molecule has 0 spiro atoms. The highest BCUT2D eigenvalue weighted by molar-refractivity contribution is 9.10. The predicted octanol–water partition coefficient (Wildman–Crippen LogP) is 4.32. The first-order valence-electron chi connectivity index (χ1n) is 8.42. The maximum absolute atomic E-state index is 13.2. The van der Waals surface area contributed by atoms with E-state index in [1.807, 2.05) is 53.4 Å². The van der Waals surface area contributed by atoms with Gasteiger partial charge in [-0.1, -0.05) is 58.7 Å². The fourth-order valence-electron chi connectivity index (χ4n) is 4.63. The first kappa shape index (κ1) is 15.9. The minimum atomic E-state index is -0.392. The summed E-state index contributed by atoms with van der Waals surface area (Å²) >= 11 is 3.66. The van der Waals surface area contributed by atoms with Crippen molar-refractivity contribution in [1.82, 2.24) is 0 Å². The van der Waals surface area contributed by atoms with Gasteiger partial charge in [0.2, 0.25) is 5.91 Å². The zero-order valence-corrected chi connectivity index (χ0v) is 14.9. The topological polar surface area (TPSA) is 40.5 Å². The van der Waals surface area contributed by atoms with Gasteiger partial charge < -0.3 is 10.0 Å². The molecular weight excluding hydrogens is 366 g/mol. The van der Waals surface area contributed by atoms with Crippen LogP contribution in [0.1, 0.15) is 30.9 Å². The van der Waals surface area contributed by atoms with Crippen molar-refractivity contribution in [2.75, 3.05) is 11.5 Å². The van der Waals surface area contributed by atoms with Crippen molar-refractivity contribution in [2.24, 2.45) is 11.3 Å². The molecule has 2 fully saturated rings. The molecular formula is C20H20BrNO2. The number of nitrogens with zero attached hydrogens (tertiary/aromatic N) is 1. The standard InChI is InChI=1S/C20H20BrNO2/c21-17-11-5-4-9-15(17)18-20(13-23)12-6-10-16(20)19(24)22(18)14-7-2-1-3-8-14/h1-5,7-9,11,16,18,23H,6,10,12-13H2/t16-,18+,20+/m0/s1. The molecule has 4 rings (SSSR count). The molecule has 0 aromatic heterocycles. The van der Waals surface area contributed by atoms with E-state index in [4.69, 9.17) is 0 Å². The molecule has 4 heteroatoms. The summed E-state index contributed by atoms with van der Waals surface area (Å²) in [6.45, 7) is 0.0404. The average molecular weight is 386 g/mol. The summed E-state index contributed by atoms with van der Waals surface area (Å²) in [6.07, 6.45) is 2.75. The molecule has 1 saturated heterocycles. The van der Waals surface area contributed by atoms with Gasteiger partial charge >= 0.3 is 0 Å². The molecule has 2 aliphatic rings. The first-order valence-corrected chi connectivity index (χ1v) is 9.22. The van der Waals surface area contributed by atoms with Crippen molar-refractivity contribution in [1.29, 1.82) is 0 Å². The Bertz CT molecular complexity index is 763. The summed E-state index contributed by atoms with van der Waals surface area (Å²) < 4.78 is 0.990. The van der Waals surface area contributed by atoms with Crippen molar-refractivity contribution < 1.29 is 9.90 Å². The summed E-state index contributed by atoms with van der Waals surface area (Å²) in [5.41, 5.74) is 1.59. The monoisotopic (exact) mass is 385 g/mol. The van der Waals surface area contributed by atoms with Crippen molar-refractivity contribution in [3.63, 3.8) is 0 Å². The lowest BCUT2D eigenvalue weighted by atomic mass is 9.73. The third kappa shape index (κ3) is 2.16. The summed E-state index contributed by atoms with van der Waals surface area (Å²) in [4.78, 5) is 15.2. The number of benzene rings is 2. The summed E-state index contributed by atoms with van der Waals surface area (Å²) in [7, 11) is 0. The SMILES string of the molecule is O=C1[C@@H]2CCC[C@]2(CO)[C@@H](c2ccccc2Br)N1c1ccccc1. The van der Waals surface area contributed by atoms with E-state index in [-0.39, 0.29) is 24.5 Å². The molecule has 1 saturated carbocycles. The molecule has 124 valence electrons. The second-order valence-electron chi connectivity index (χ2n) is 6.80. The summed E-state index contributed by atoms with van der Waals surface area (Å²) in [6, 6.07) is 17.8. The molecule has 0 bridgehead atoms. The molecule has 2 aromatic rings. The van der Waals surface area contributed by atoms with Crippen LogP contribution in [0, 0.1) is 11.3 Å². The van der Waals surface area contributed by atoms with Crippen LogP contribution in [0.3, 0.4) is 0 Å². The van der Waals surface area contributed by atoms with Crippen LogP contribution in [-0.4, -0.2) is 17.6 Å². The van der Waals surface area contributed by atoms with E-state index in [1.54, 1.807) is 0 Å². The lowest BCUT2D eigenvalue weighted by Gasteiger charge is -2.36. The highest BCUT2D eigenvalue weighted by Gasteiger charge is 2.61. The quantitative estimate of drug-likeness (QED) is 0.854. The Morgan fingerprint density at radius 1 is 1.12 bits per heavy atom. The number of fused-ring (bicyclic) bond motifs is 1. The lowest BCUT2D eigenvalue weighted by molar-refractivity contribution is -0.122. The number of amides is 1. The summed E-state index contributed by atoms with van der Waals surface area (Å²) in [5.74, 6) is 0.0494. The Morgan fingerprint density at radius 2 is 1.83 bits per heavy atom. The second kappa shape index (κ2) is 6.01. The molecule has 0 unspecified atom stereocenters. The van der Waals surface area contributed by atoms with E-state index >= 15 is 0 Å². The largest absolute Gasteiger partial charge is 0.396 e. The number of hydrogen-bond donors (Lipinski definition) is 1. The average Bonchev–Trinajstić information content (AvgIpc) is 3.14. The number of halogens is 1. The zero-order chi connectivity index (χ0) is 16.7. The van der Waals surface area contributed by atoms with E-state index in [2.05, 4.69) is 22.0 Å². The van der Waals surface area contributed by atoms with E-state index in [0.29, 0.717) is 0 Å². The van der Waals surface area contributed by atoms with Gasteiger partial charge in [-0.15, -0.1) is 0 Å². The van der Waals surface area contributed by atoms with Gasteiger partial charge in [0.15, 0.2) is 0 Å². The van der Waals surface area contributed by atoms with Gasteiger partial charge in [0.25, 0.3) is 0 Å². The van der Waals surface area contributed by atoms with Crippen molar-refractivity contribution in [3.05, 3.63) is 64.6 Å². The van der Waals surface area contributed by atoms with Gasteiger partial charge in [-0.05, 0) is 36.6 Å². The van der Waals surface area contributed by atoms with Gasteiger partial charge in [-0.3, -0.25) is 4.79 Å². The number of carbonyl (C=O) groups is 1. The number of anilines is 1. The van der Waals surface area contributed by atoms with E-state index in [9.17, 15) is 9.90 Å². The molecule has 24 heavy (non-hydrogen) atoms. The highest BCUT2D eigenvalue weighted by atomic mass is 79.9. The fraction of sp³-hybridized carbons (Fsp3) is 0.350. The van der Waals surface area contributed by atoms with Gasteiger partial charge in [-0.25, -0.2) is 0 Å². The molecule has 1 heterocycles. The second-order valence-corrected chi connectivity index (χ2v) is 7.66. The number of para-hydroxylation sites is 1. The van der Waals surface area contributed by atoms with Crippen LogP contribution in [0.5, 0.6) is 0 Å². The minimum Gasteiger partial charge on any atom is -0.396 e. The summed E-state index contributed by atoms with van der Waals surface area (Å²) in [5, 5.41) is 10.3. The first-order chi connectivity index (χ1) is 11.7. The van der Waals surface area contributed by atoms with Crippen LogP contribution in [0.2, 0.25) is 0 Å². The van der Waals surface area contributed by atoms with Crippen molar-refractivity contribution in [2.45, 2.75) is 25.3 Å². The minimum absolute atomic E-state index is 0.0404. The van der Waals surface area contributed by atoms with Crippen molar-refractivity contribution >= 4 is 27.5 Å². The zero-order valence-electron chi connectivity index (χ0n) is 13.4. The van der Waals surface area contributed by atoms with Crippen LogP contribution in [0.15, 0.2) is 59.1 Å². The van der Waals surface area contributed by atoms with Gasteiger partial charge in [0.05, 0.1) is 12.6 Å². The number of hydrogen-bond acceptors (Lipinski definition) is 2. The molecule has 0 radical (unpaired) electrons. The normalized spacial score (nSPS) is 29.1. The molecule has 1 aliphatic carbocycles. The van der Waals surface area contributed by atoms with Crippen LogP contribution in [-0.2, 0) is 4.79 Å². The van der Waals surface area contributed by atoms with Gasteiger partial charge in [0, 0.05) is 21.5 Å². The van der Waals surface area contributed by atoms with Crippen molar-refractivity contribution in [3.8, 4) is 0 Å². The maximum Gasteiger partial charge on any atom is 0.231 e. The van der Waals surface area contributed by atoms with E-state index in [1.165, 1.54) is 0 Å². The Morgan fingerprint density at radius 3 is 2.54 bits per heavy atom. The van der Waals surface area contributed by atoms with Crippen LogP contribution in [0.25, 0.3) is 0 Å². The molecule has 2 aromatic carbocycles. The molecule has 1 N–H and O–H groups in total. The fourth-order valence-corrected chi connectivity index (χ4v) is 5.13. The third-order valence-electron chi connectivity index (χ3n) is 5.70. The Kier molecular flexibility index (Phi) is 3.97. The van der Waals surface area contributed by atoms with E-state index < -0.39 is 5.41 Å². The highest BCUT2D eigenvalue weighted by Crippen LogP contribution is 2.60.